The van der Waals surface area contributed by atoms with E-state index in [4.69, 9.17) is 10.5 Å². The molecule has 3 nitrogen and oxygen atoms in total. The van der Waals surface area contributed by atoms with E-state index >= 15 is 0 Å². The van der Waals surface area contributed by atoms with Crippen LogP contribution in [0.15, 0.2) is 24.3 Å². The number of anilines is 1. The maximum Gasteiger partial charge on any atom is 0.0663 e. The lowest BCUT2D eigenvalue weighted by Gasteiger charge is -2.29. The van der Waals surface area contributed by atoms with Crippen LogP contribution in [0.25, 0.3) is 0 Å². The first kappa shape index (κ1) is 13.0. The van der Waals surface area contributed by atoms with Crippen LogP contribution in [0.5, 0.6) is 0 Å². The molecular formula is C13H22N2O. The van der Waals surface area contributed by atoms with Gasteiger partial charge < -0.3 is 15.4 Å². The Bertz CT molecular complexity index is 297. The molecule has 1 rings (SSSR count). The van der Waals surface area contributed by atoms with E-state index in [1.165, 1.54) is 11.3 Å². The van der Waals surface area contributed by atoms with Crippen LogP contribution >= 0.6 is 0 Å². The van der Waals surface area contributed by atoms with Gasteiger partial charge in [0, 0.05) is 31.9 Å². The van der Waals surface area contributed by atoms with Gasteiger partial charge in [-0.2, -0.15) is 0 Å². The minimum Gasteiger partial charge on any atom is -0.383 e. The number of nitrogens with zero attached hydrogens (tertiary/aromatic N) is 1. The molecule has 3 heteroatoms. The van der Waals surface area contributed by atoms with Crippen molar-refractivity contribution >= 4 is 5.69 Å². The van der Waals surface area contributed by atoms with Crippen molar-refractivity contribution in [2.75, 3.05) is 25.2 Å². The van der Waals surface area contributed by atoms with Crippen molar-refractivity contribution in [3.05, 3.63) is 29.8 Å². The minimum atomic E-state index is 0.388. The van der Waals surface area contributed by atoms with Crippen LogP contribution in [-0.4, -0.2) is 26.3 Å². The molecule has 16 heavy (non-hydrogen) atoms. The smallest absolute Gasteiger partial charge is 0.0663 e. The van der Waals surface area contributed by atoms with Crippen molar-refractivity contribution in [2.45, 2.75) is 26.4 Å². The van der Waals surface area contributed by atoms with Crippen molar-refractivity contribution in [1.82, 2.24) is 0 Å². The van der Waals surface area contributed by atoms with Crippen LogP contribution in [0.1, 0.15) is 19.4 Å². The minimum absolute atomic E-state index is 0.388. The molecule has 0 radical (unpaired) electrons. The van der Waals surface area contributed by atoms with Crippen LogP contribution in [0.2, 0.25) is 0 Å². The number of hydrogen-bond acceptors (Lipinski definition) is 3. The summed E-state index contributed by atoms with van der Waals surface area (Å²) in [6.45, 7) is 6.64. The third-order valence-corrected chi connectivity index (χ3v) is 2.78. The van der Waals surface area contributed by atoms with Gasteiger partial charge in [-0.05, 0) is 31.5 Å². The normalized spacial score (nSPS) is 12.5. The number of nitrogens with two attached hydrogens (primary N) is 1. The van der Waals surface area contributed by atoms with Crippen LogP contribution in [0.4, 0.5) is 5.69 Å². The summed E-state index contributed by atoms with van der Waals surface area (Å²) in [6.07, 6.45) is 0. The predicted octanol–water partition coefficient (Wildman–Crippen LogP) is 2.01. The second kappa shape index (κ2) is 6.51. The molecule has 0 spiro atoms. The zero-order chi connectivity index (χ0) is 12.0. The van der Waals surface area contributed by atoms with E-state index in [9.17, 15) is 0 Å². The number of rotatable bonds is 6. The lowest BCUT2D eigenvalue weighted by Crippen LogP contribution is -2.36. The maximum absolute atomic E-state index is 5.58. The van der Waals surface area contributed by atoms with Crippen molar-refractivity contribution < 1.29 is 4.74 Å². The Hall–Kier alpha value is -1.06. The Morgan fingerprint density at radius 1 is 1.31 bits per heavy atom. The summed E-state index contributed by atoms with van der Waals surface area (Å²) < 4.78 is 5.19. The van der Waals surface area contributed by atoms with Crippen molar-refractivity contribution in [3.63, 3.8) is 0 Å². The van der Waals surface area contributed by atoms with E-state index in [0.29, 0.717) is 12.6 Å². The Labute approximate surface area is 98.2 Å². The molecule has 1 aromatic carbocycles. The second-order valence-electron chi connectivity index (χ2n) is 3.96. The number of hydrogen-bond donors (Lipinski definition) is 1. The summed E-state index contributed by atoms with van der Waals surface area (Å²) in [6, 6.07) is 8.80. The summed E-state index contributed by atoms with van der Waals surface area (Å²) in [5, 5.41) is 0. The van der Waals surface area contributed by atoms with Gasteiger partial charge in [0.25, 0.3) is 0 Å². The third-order valence-electron chi connectivity index (χ3n) is 2.78. The average Bonchev–Trinajstić information content (AvgIpc) is 2.31. The maximum atomic E-state index is 5.58. The first-order valence-electron chi connectivity index (χ1n) is 5.77. The second-order valence-corrected chi connectivity index (χ2v) is 3.96. The molecule has 1 atom stereocenters. The van der Waals surface area contributed by atoms with Gasteiger partial charge in [0.05, 0.1) is 6.61 Å². The van der Waals surface area contributed by atoms with Crippen LogP contribution < -0.4 is 10.6 Å². The molecule has 2 N–H and O–H groups in total. The highest BCUT2D eigenvalue weighted by Crippen LogP contribution is 2.17. The van der Waals surface area contributed by atoms with Gasteiger partial charge in [-0.25, -0.2) is 0 Å². The zero-order valence-corrected chi connectivity index (χ0v) is 10.4. The molecular weight excluding hydrogens is 200 g/mol. The van der Waals surface area contributed by atoms with E-state index in [2.05, 4.69) is 43.0 Å². The van der Waals surface area contributed by atoms with Gasteiger partial charge in [0.15, 0.2) is 0 Å². The Morgan fingerprint density at radius 3 is 2.38 bits per heavy atom. The Balaban J connectivity index is 2.78. The van der Waals surface area contributed by atoms with Gasteiger partial charge in [0.2, 0.25) is 0 Å². The fraction of sp³-hybridized carbons (Fsp3) is 0.538. The molecule has 0 saturated carbocycles. The highest BCUT2D eigenvalue weighted by molar-refractivity contribution is 5.48. The number of ether oxygens (including phenoxy) is 1. The number of benzene rings is 1. The fourth-order valence-corrected chi connectivity index (χ4v) is 1.90. The summed E-state index contributed by atoms with van der Waals surface area (Å²) in [7, 11) is 1.74. The molecule has 0 fully saturated rings. The highest BCUT2D eigenvalue weighted by atomic mass is 16.5. The SMILES string of the molecule is CCN(c1ccc(CN)cc1)C(C)COC. The fourth-order valence-electron chi connectivity index (χ4n) is 1.90. The lowest BCUT2D eigenvalue weighted by molar-refractivity contribution is 0.182. The van der Waals surface area contributed by atoms with Gasteiger partial charge in [-0.15, -0.1) is 0 Å². The van der Waals surface area contributed by atoms with Gasteiger partial charge in [-0.1, -0.05) is 12.1 Å². The van der Waals surface area contributed by atoms with Crippen molar-refractivity contribution in [1.29, 1.82) is 0 Å². The Kier molecular flexibility index (Phi) is 5.29. The monoisotopic (exact) mass is 222 g/mol. The van der Waals surface area contributed by atoms with Gasteiger partial charge >= 0.3 is 0 Å². The molecule has 90 valence electrons. The van der Waals surface area contributed by atoms with E-state index in [-0.39, 0.29) is 0 Å². The van der Waals surface area contributed by atoms with Gasteiger partial charge in [0.1, 0.15) is 0 Å². The van der Waals surface area contributed by atoms with Gasteiger partial charge in [-0.3, -0.25) is 0 Å². The predicted molar refractivity (Wildman–Crippen MR) is 68.7 cm³/mol. The first-order chi connectivity index (χ1) is 7.72. The number of methoxy groups -OCH3 is 1. The van der Waals surface area contributed by atoms with Crippen LogP contribution in [0.3, 0.4) is 0 Å². The van der Waals surface area contributed by atoms with Crippen LogP contribution in [0, 0.1) is 0 Å². The largest absolute Gasteiger partial charge is 0.383 e. The zero-order valence-electron chi connectivity index (χ0n) is 10.4. The molecule has 0 aromatic heterocycles. The summed E-state index contributed by atoms with van der Waals surface area (Å²) in [5.74, 6) is 0. The van der Waals surface area contributed by atoms with E-state index in [1.807, 2.05) is 0 Å². The molecule has 0 bridgehead atoms. The molecule has 1 aromatic rings. The average molecular weight is 222 g/mol. The molecule has 0 aliphatic rings. The highest BCUT2D eigenvalue weighted by Gasteiger charge is 2.11. The molecule has 1 unspecified atom stereocenters. The summed E-state index contributed by atoms with van der Waals surface area (Å²) in [5.41, 5.74) is 7.97. The standard InChI is InChI=1S/C13H22N2O/c1-4-15(11(2)10-16-3)13-7-5-12(9-14)6-8-13/h5-8,11H,4,9-10,14H2,1-3H3. The molecule has 0 amide bonds. The summed E-state index contributed by atoms with van der Waals surface area (Å²) >= 11 is 0. The third kappa shape index (κ3) is 3.22. The molecule has 0 saturated heterocycles. The van der Waals surface area contributed by atoms with E-state index in [0.717, 1.165) is 13.2 Å². The number of likely N-dealkylation sites (N-methyl/N-ethyl adjacent to an activating group) is 1. The van der Waals surface area contributed by atoms with E-state index in [1.54, 1.807) is 7.11 Å². The quantitative estimate of drug-likeness (QED) is 0.800. The molecule has 0 aliphatic carbocycles. The lowest BCUT2D eigenvalue weighted by atomic mass is 10.1. The van der Waals surface area contributed by atoms with Crippen molar-refractivity contribution in [2.24, 2.45) is 5.73 Å². The Morgan fingerprint density at radius 2 is 1.94 bits per heavy atom. The summed E-state index contributed by atoms with van der Waals surface area (Å²) in [4.78, 5) is 2.32. The van der Waals surface area contributed by atoms with Crippen molar-refractivity contribution in [3.8, 4) is 0 Å². The molecule has 0 heterocycles. The topological polar surface area (TPSA) is 38.5 Å². The first-order valence-corrected chi connectivity index (χ1v) is 5.77. The van der Waals surface area contributed by atoms with Crippen LogP contribution in [-0.2, 0) is 11.3 Å². The van der Waals surface area contributed by atoms with E-state index < -0.39 is 0 Å². The molecule has 0 aliphatic heterocycles.